The maximum atomic E-state index is 13.8. The molecule has 7 heteroatoms. The van der Waals surface area contributed by atoms with Gasteiger partial charge in [-0.15, -0.1) is 5.10 Å². The zero-order chi connectivity index (χ0) is 15.4. The summed E-state index contributed by atoms with van der Waals surface area (Å²) in [5, 5.41) is 7.65. The maximum absolute atomic E-state index is 13.8. The van der Waals surface area contributed by atoms with Crippen LogP contribution in [0.4, 0.5) is 4.39 Å². The van der Waals surface area contributed by atoms with Gasteiger partial charge in [0, 0.05) is 19.2 Å². The Kier molecular flexibility index (Phi) is 4.64. The predicted octanol–water partition coefficient (Wildman–Crippen LogP) is 1.21. The predicted molar refractivity (Wildman–Crippen MR) is 76.0 cm³/mol. The number of nitrogens with two attached hydrogens (primary N) is 1. The molecule has 2 rings (SSSR count). The van der Waals surface area contributed by atoms with E-state index >= 15 is 0 Å². The Balaban J connectivity index is 2.16. The number of hydrogen-bond donors (Lipinski definition) is 1. The van der Waals surface area contributed by atoms with Gasteiger partial charge in [-0.25, -0.2) is 4.39 Å². The monoisotopic (exact) mass is 291 g/mol. The Bertz CT molecular complexity index is 627. The first-order valence-electron chi connectivity index (χ1n) is 6.66. The highest BCUT2D eigenvalue weighted by Gasteiger charge is 2.23. The van der Waals surface area contributed by atoms with E-state index < -0.39 is 6.04 Å². The number of benzene rings is 1. The van der Waals surface area contributed by atoms with Crippen molar-refractivity contribution in [2.24, 2.45) is 5.73 Å². The summed E-state index contributed by atoms with van der Waals surface area (Å²) in [7, 11) is 1.61. The summed E-state index contributed by atoms with van der Waals surface area (Å²) in [6.07, 6.45) is 1.54. The highest BCUT2D eigenvalue weighted by atomic mass is 19.1. The molecule has 6 nitrogen and oxygen atoms in total. The minimum Gasteiger partial charge on any atom is -0.333 e. The summed E-state index contributed by atoms with van der Waals surface area (Å²) in [5.74, 6) is -0.648. The van der Waals surface area contributed by atoms with Gasteiger partial charge in [0.2, 0.25) is 0 Å². The molecule has 0 aliphatic carbocycles. The minimum atomic E-state index is -0.404. The standard InChI is InChI=1S/C14H18FN5O/c1-10(11-5-3-4-6-12(11)15)19(2)14(21)13-9-20(8-7-16)18-17-13/h3-6,9-10H,7-8,16H2,1-2H3. The smallest absolute Gasteiger partial charge is 0.276 e. The fourth-order valence-corrected chi connectivity index (χ4v) is 2.02. The molecule has 1 aromatic carbocycles. The van der Waals surface area contributed by atoms with Crippen molar-refractivity contribution < 1.29 is 9.18 Å². The van der Waals surface area contributed by atoms with Crippen LogP contribution in [0.5, 0.6) is 0 Å². The van der Waals surface area contributed by atoms with Crippen molar-refractivity contribution in [3.8, 4) is 0 Å². The molecule has 2 N–H and O–H groups in total. The summed E-state index contributed by atoms with van der Waals surface area (Å²) in [4.78, 5) is 13.8. The van der Waals surface area contributed by atoms with Crippen molar-refractivity contribution in [2.45, 2.75) is 19.5 Å². The lowest BCUT2D eigenvalue weighted by Gasteiger charge is -2.24. The molecule has 0 aliphatic rings. The molecule has 1 unspecified atom stereocenters. The van der Waals surface area contributed by atoms with E-state index in [1.807, 2.05) is 0 Å². The number of carbonyl (C=O) groups is 1. The molecule has 1 heterocycles. The number of nitrogens with zero attached hydrogens (tertiary/aromatic N) is 4. The third kappa shape index (κ3) is 3.25. The van der Waals surface area contributed by atoms with Crippen LogP contribution in [0.2, 0.25) is 0 Å². The van der Waals surface area contributed by atoms with Crippen molar-refractivity contribution in [2.75, 3.05) is 13.6 Å². The molecule has 1 amide bonds. The lowest BCUT2D eigenvalue weighted by molar-refractivity contribution is 0.0734. The van der Waals surface area contributed by atoms with E-state index in [9.17, 15) is 9.18 Å². The van der Waals surface area contributed by atoms with Gasteiger partial charge in [-0.1, -0.05) is 23.4 Å². The van der Waals surface area contributed by atoms with Gasteiger partial charge in [0.05, 0.1) is 18.8 Å². The third-order valence-corrected chi connectivity index (χ3v) is 3.37. The van der Waals surface area contributed by atoms with Crippen LogP contribution >= 0.6 is 0 Å². The molecule has 0 fully saturated rings. The first-order chi connectivity index (χ1) is 10.0. The summed E-state index contributed by atoms with van der Waals surface area (Å²) >= 11 is 0. The van der Waals surface area contributed by atoms with Crippen LogP contribution in [-0.2, 0) is 6.54 Å². The van der Waals surface area contributed by atoms with E-state index in [1.165, 1.54) is 15.6 Å². The quantitative estimate of drug-likeness (QED) is 0.898. The molecule has 1 atom stereocenters. The van der Waals surface area contributed by atoms with E-state index in [-0.39, 0.29) is 17.4 Å². The second-order valence-corrected chi connectivity index (χ2v) is 4.77. The molecule has 0 bridgehead atoms. The van der Waals surface area contributed by atoms with Crippen LogP contribution in [0.1, 0.15) is 29.0 Å². The van der Waals surface area contributed by atoms with Gasteiger partial charge in [0.1, 0.15) is 5.82 Å². The van der Waals surface area contributed by atoms with E-state index in [4.69, 9.17) is 5.73 Å². The average Bonchev–Trinajstić information content (AvgIpc) is 2.94. The molecule has 1 aromatic heterocycles. The van der Waals surface area contributed by atoms with Gasteiger partial charge < -0.3 is 10.6 Å². The lowest BCUT2D eigenvalue weighted by atomic mass is 10.1. The molecular weight excluding hydrogens is 273 g/mol. The molecule has 0 saturated heterocycles. The average molecular weight is 291 g/mol. The Morgan fingerprint density at radius 2 is 2.19 bits per heavy atom. The number of halogens is 1. The van der Waals surface area contributed by atoms with E-state index in [0.29, 0.717) is 18.7 Å². The molecule has 2 aromatic rings. The highest BCUT2D eigenvalue weighted by molar-refractivity contribution is 5.92. The number of hydrogen-bond acceptors (Lipinski definition) is 4. The van der Waals surface area contributed by atoms with Crippen LogP contribution in [0.15, 0.2) is 30.5 Å². The van der Waals surface area contributed by atoms with Crippen molar-refractivity contribution in [1.29, 1.82) is 0 Å². The summed E-state index contributed by atoms with van der Waals surface area (Å²) < 4.78 is 15.3. The first kappa shape index (κ1) is 15.1. The molecular formula is C14H18FN5O. The van der Waals surface area contributed by atoms with Crippen LogP contribution in [0.25, 0.3) is 0 Å². The number of aromatic nitrogens is 3. The number of rotatable bonds is 5. The summed E-state index contributed by atoms with van der Waals surface area (Å²) in [6, 6.07) is 5.99. The van der Waals surface area contributed by atoms with E-state index in [2.05, 4.69) is 10.3 Å². The lowest BCUT2D eigenvalue weighted by Crippen LogP contribution is -2.30. The van der Waals surface area contributed by atoms with Crippen molar-refractivity contribution in [1.82, 2.24) is 19.9 Å². The van der Waals surface area contributed by atoms with E-state index in [1.54, 1.807) is 38.4 Å². The Labute approximate surface area is 122 Å². The summed E-state index contributed by atoms with van der Waals surface area (Å²) in [6.45, 7) is 2.67. The fourth-order valence-electron chi connectivity index (χ4n) is 2.02. The van der Waals surface area contributed by atoms with Gasteiger partial charge in [-0.2, -0.15) is 0 Å². The normalized spacial score (nSPS) is 12.2. The maximum Gasteiger partial charge on any atom is 0.276 e. The molecule has 0 spiro atoms. The summed E-state index contributed by atoms with van der Waals surface area (Å²) in [5.41, 5.74) is 6.10. The van der Waals surface area contributed by atoms with Gasteiger partial charge in [0.15, 0.2) is 5.69 Å². The fraction of sp³-hybridized carbons (Fsp3) is 0.357. The van der Waals surface area contributed by atoms with Crippen LogP contribution < -0.4 is 5.73 Å². The number of carbonyl (C=O) groups excluding carboxylic acids is 1. The van der Waals surface area contributed by atoms with E-state index in [0.717, 1.165) is 0 Å². The Morgan fingerprint density at radius 3 is 2.86 bits per heavy atom. The highest BCUT2D eigenvalue weighted by Crippen LogP contribution is 2.22. The van der Waals surface area contributed by atoms with Crippen LogP contribution in [0, 0.1) is 5.82 Å². The zero-order valence-corrected chi connectivity index (χ0v) is 12.0. The Morgan fingerprint density at radius 1 is 1.48 bits per heavy atom. The van der Waals surface area contributed by atoms with Gasteiger partial charge in [-0.3, -0.25) is 9.48 Å². The van der Waals surface area contributed by atoms with Crippen molar-refractivity contribution in [3.63, 3.8) is 0 Å². The van der Waals surface area contributed by atoms with Gasteiger partial charge in [0.25, 0.3) is 5.91 Å². The van der Waals surface area contributed by atoms with Crippen LogP contribution in [-0.4, -0.2) is 39.4 Å². The third-order valence-electron chi connectivity index (χ3n) is 3.37. The van der Waals surface area contributed by atoms with Gasteiger partial charge >= 0.3 is 0 Å². The van der Waals surface area contributed by atoms with Crippen molar-refractivity contribution >= 4 is 5.91 Å². The molecule has 112 valence electrons. The second kappa shape index (κ2) is 6.45. The Hall–Kier alpha value is -2.28. The zero-order valence-electron chi connectivity index (χ0n) is 12.0. The number of amides is 1. The van der Waals surface area contributed by atoms with Crippen LogP contribution in [0.3, 0.4) is 0 Å². The molecule has 0 saturated carbocycles. The largest absolute Gasteiger partial charge is 0.333 e. The minimum absolute atomic E-state index is 0.217. The van der Waals surface area contributed by atoms with Crippen molar-refractivity contribution in [3.05, 3.63) is 47.5 Å². The van der Waals surface area contributed by atoms with Gasteiger partial charge in [-0.05, 0) is 13.0 Å². The second-order valence-electron chi connectivity index (χ2n) is 4.77. The molecule has 0 radical (unpaired) electrons. The topological polar surface area (TPSA) is 77.0 Å². The molecule has 21 heavy (non-hydrogen) atoms. The SMILES string of the molecule is CC(c1ccccc1F)N(C)C(=O)c1cn(CCN)nn1. The molecule has 0 aliphatic heterocycles. The first-order valence-corrected chi connectivity index (χ1v) is 6.66.